The van der Waals surface area contributed by atoms with E-state index in [9.17, 15) is 0 Å². The first-order valence-electron chi connectivity index (χ1n) is 7.87. The Morgan fingerprint density at radius 2 is 1.40 bits per heavy atom. The van der Waals surface area contributed by atoms with Crippen molar-refractivity contribution in [2.45, 2.75) is 32.1 Å². The van der Waals surface area contributed by atoms with Gasteiger partial charge in [0.2, 0.25) is 0 Å². The third-order valence-electron chi connectivity index (χ3n) is 5.83. The summed E-state index contributed by atoms with van der Waals surface area (Å²) in [7, 11) is 0. The fourth-order valence-corrected chi connectivity index (χ4v) is 5.79. The maximum atomic E-state index is 6.07. The molecule has 0 amide bonds. The molecule has 20 heavy (non-hydrogen) atoms. The van der Waals surface area contributed by atoms with Crippen molar-refractivity contribution >= 4 is 28.9 Å². The summed E-state index contributed by atoms with van der Waals surface area (Å²) in [5.74, 6) is 4.89. The number of hydrogen-bond donors (Lipinski definition) is 1. The van der Waals surface area contributed by atoms with E-state index < -0.39 is 0 Å². The van der Waals surface area contributed by atoms with Crippen molar-refractivity contribution in [1.82, 2.24) is 0 Å². The van der Waals surface area contributed by atoms with Crippen molar-refractivity contribution < 1.29 is 0 Å². The monoisotopic (exact) mass is 309 g/mol. The van der Waals surface area contributed by atoms with Gasteiger partial charge in [-0.1, -0.05) is 23.2 Å². The van der Waals surface area contributed by atoms with Crippen molar-refractivity contribution in [2.75, 3.05) is 11.9 Å². The minimum atomic E-state index is 0.713. The second-order valence-corrected chi connectivity index (χ2v) is 8.01. The maximum Gasteiger partial charge on any atom is 0.0441 e. The molecule has 3 heteroatoms. The summed E-state index contributed by atoms with van der Waals surface area (Å²) in [5.41, 5.74) is 1.07. The minimum Gasteiger partial charge on any atom is -0.385 e. The van der Waals surface area contributed by atoms with E-state index in [2.05, 4.69) is 5.32 Å². The SMILES string of the molecule is Clc1cc(Cl)cc(NCC2C3CC4CC(C3)CC2C4)c1. The lowest BCUT2D eigenvalue weighted by molar-refractivity contribution is -0.0305. The van der Waals surface area contributed by atoms with Crippen LogP contribution >= 0.6 is 23.2 Å². The van der Waals surface area contributed by atoms with E-state index in [1.54, 1.807) is 6.07 Å². The summed E-state index contributed by atoms with van der Waals surface area (Å²) in [6.07, 6.45) is 7.45. The van der Waals surface area contributed by atoms with Crippen LogP contribution in [0.5, 0.6) is 0 Å². The van der Waals surface area contributed by atoms with Crippen molar-refractivity contribution in [3.05, 3.63) is 28.2 Å². The Morgan fingerprint density at radius 1 is 0.850 bits per heavy atom. The topological polar surface area (TPSA) is 12.0 Å². The smallest absolute Gasteiger partial charge is 0.0441 e. The highest BCUT2D eigenvalue weighted by molar-refractivity contribution is 6.35. The van der Waals surface area contributed by atoms with Crippen molar-refractivity contribution in [2.24, 2.45) is 29.6 Å². The fourth-order valence-electron chi connectivity index (χ4n) is 5.26. The average molecular weight is 310 g/mol. The molecule has 0 aliphatic heterocycles. The quantitative estimate of drug-likeness (QED) is 0.779. The van der Waals surface area contributed by atoms with Gasteiger partial charge in [-0.2, -0.15) is 0 Å². The number of halogens is 2. The van der Waals surface area contributed by atoms with Crippen LogP contribution in [0.1, 0.15) is 32.1 Å². The van der Waals surface area contributed by atoms with Gasteiger partial charge in [-0.25, -0.2) is 0 Å². The molecule has 4 aliphatic carbocycles. The van der Waals surface area contributed by atoms with Crippen LogP contribution in [-0.2, 0) is 0 Å². The lowest BCUT2D eigenvalue weighted by Gasteiger charge is -2.54. The normalized spacial score (nSPS) is 38.2. The lowest BCUT2D eigenvalue weighted by atomic mass is 9.52. The third kappa shape index (κ3) is 2.44. The predicted molar refractivity (Wildman–Crippen MR) is 85.5 cm³/mol. The fraction of sp³-hybridized carbons (Fsp3) is 0.647. The van der Waals surface area contributed by atoms with Gasteiger partial charge in [-0.3, -0.25) is 0 Å². The van der Waals surface area contributed by atoms with E-state index in [1.807, 2.05) is 12.1 Å². The van der Waals surface area contributed by atoms with E-state index in [4.69, 9.17) is 23.2 Å². The zero-order chi connectivity index (χ0) is 13.7. The molecule has 4 bridgehead atoms. The molecule has 0 radical (unpaired) electrons. The molecular weight excluding hydrogens is 289 g/mol. The second kappa shape index (κ2) is 5.10. The van der Waals surface area contributed by atoms with E-state index in [0.29, 0.717) is 10.0 Å². The minimum absolute atomic E-state index is 0.713. The number of hydrogen-bond acceptors (Lipinski definition) is 1. The molecule has 1 nitrogen and oxygen atoms in total. The molecule has 1 aromatic rings. The first kappa shape index (κ1) is 13.3. The summed E-state index contributed by atoms with van der Waals surface area (Å²) in [4.78, 5) is 0. The Kier molecular flexibility index (Phi) is 3.39. The number of nitrogens with one attached hydrogen (secondary N) is 1. The van der Waals surface area contributed by atoms with Gasteiger partial charge in [0.1, 0.15) is 0 Å². The van der Waals surface area contributed by atoms with Gasteiger partial charge in [0.05, 0.1) is 0 Å². The van der Waals surface area contributed by atoms with Crippen LogP contribution in [0.25, 0.3) is 0 Å². The number of rotatable bonds is 3. The summed E-state index contributed by atoms with van der Waals surface area (Å²) < 4.78 is 0. The van der Waals surface area contributed by atoms with Crippen molar-refractivity contribution in [3.8, 4) is 0 Å². The Bertz CT molecular complexity index is 465. The molecule has 1 aromatic carbocycles. The van der Waals surface area contributed by atoms with Crippen LogP contribution in [0.15, 0.2) is 18.2 Å². The second-order valence-electron chi connectivity index (χ2n) is 7.13. The van der Waals surface area contributed by atoms with E-state index in [1.165, 1.54) is 32.1 Å². The van der Waals surface area contributed by atoms with Gasteiger partial charge >= 0.3 is 0 Å². The lowest BCUT2D eigenvalue weighted by Crippen LogP contribution is -2.47. The Hall–Kier alpha value is -0.400. The first-order valence-corrected chi connectivity index (χ1v) is 8.63. The third-order valence-corrected chi connectivity index (χ3v) is 6.26. The van der Waals surface area contributed by atoms with Crippen LogP contribution in [-0.4, -0.2) is 6.54 Å². The van der Waals surface area contributed by atoms with Gasteiger partial charge in [-0.05, 0) is 79.9 Å². The molecule has 0 unspecified atom stereocenters. The zero-order valence-electron chi connectivity index (χ0n) is 11.6. The van der Waals surface area contributed by atoms with E-state index in [-0.39, 0.29) is 0 Å². The van der Waals surface area contributed by atoms with Gasteiger partial charge in [-0.15, -0.1) is 0 Å². The molecular formula is C17H21Cl2N. The van der Waals surface area contributed by atoms with Crippen LogP contribution in [0.2, 0.25) is 10.0 Å². The van der Waals surface area contributed by atoms with E-state index >= 15 is 0 Å². The molecule has 1 N–H and O–H groups in total. The van der Waals surface area contributed by atoms with E-state index in [0.717, 1.165) is 41.8 Å². The highest BCUT2D eigenvalue weighted by Crippen LogP contribution is 2.56. The van der Waals surface area contributed by atoms with Gasteiger partial charge < -0.3 is 5.32 Å². The highest BCUT2D eigenvalue weighted by atomic mass is 35.5. The summed E-state index contributed by atoms with van der Waals surface area (Å²) in [5, 5.41) is 5.01. The molecule has 4 fully saturated rings. The Labute approximate surface area is 131 Å². The standard InChI is InChI=1S/C17H21Cl2N/c18-14-6-15(19)8-16(7-14)20-9-17-12-2-10-1-11(4-12)5-13(17)3-10/h6-8,10-13,17,20H,1-5,9H2. The molecule has 0 spiro atoms. The Balaban J connectivity index is 1.44. The van der Waals surface area contributed by atoms with Gasteiger partial charge in [0.25, 0.3) is 0 Å². The van der Waals surface area contributed by atoms with Gasteiger partial charge in [0, 0.05) is 22.3 Å². The summed E-state index contributed by atoms with van der Waals surface area (Å²) >= 11 is 12.1. The molecule has 0 atom stereocenters. The highest BCUT2D eigenvalue weighted by Gasteiger charge is 2.47. The largest absolute Gasteiger partial charge is 0.385 e. The first-order chi connectivity index (χ1) is 9.67. The number of benzene rings is 1. The molecule has 108 valence electrons. The average Bonchev–Trinajstić information content (AvgIpc) is 2.35. The van der Waals surface area contributed by atoms with Crippen LogP contribution < -0.4 is 5.32 Å². The summed E-state index contributed by atoms with van der Waals surface area (Å²) in [6.45, 7) is 1.09. The van der Waals surface area contributed by atoms with Gasteiger partial charge in [0.15, 0.2) is 0 Å². The van der Waals surface area contributed by atoms with Crippen LogP contribution in [0, 0.1) is 29.6 Å². The molecule has 4 saturated carbocycles. The molecule has 0 aromatic heterocycles. The molecule has 0 saturated heterocycles. The number of anilines is 1. The maximum absolute atomic E-state index is 6.07. The zero-order valence-corrected chi connectivity index (χ0v) is 13.1. The Morgan fingerprint density at radius 3 is 1.95 bits per heavy atom. The summed E-state index contributed by atoms with van der Waals surface area (Å²) in [6, 6.07) is 5.74. The molecule has 0 heterocycles. The molecule has 4 aliphatic rings. The molecule has 5 rings (SSSR count). The predicted octanol–water partition coefficient (Wildman–Crippen LogP) is 5.48. The van der Waals surface area contributed by atoms with Crippen molar-refractivity contribution in [3.63, 3.8) is 0 Å². The van der Waals surface area contributed by atoms with Crippen LogP contribution in [0.3, 0.4) is 0 Å². The van der Waals surface area contributed by atoms with Crippen LogP contribution in [0.4, 0.5) is 5.69 Å². The van der Waals surface area contributed by atoms with Crippen molar-refractivity contribution in [1.29, 1.82) is 0 Å².